The fourth-order valence-corrected chi connectivity index (χ4v) is 3.12. The molecule has 166 valence electrons. The van der Waals surface area contributed by atoms with Crippen LogP contribution in [0.5, 0.6) is 0 Å². The Bertz CT molecular complexity index is 752. The molecule has 3 atom stereocenters. The third-order valence-electron chi connectivity index (χ3n) is 4.86. The molecule has 1 aliphatic rings. The van der Waals surface area contributed by atoms with Crippen molar-refractivity contribution in [3.8, 4) is 11.1 Å². The zero-order chi connectivity index (χ0) is 22.7. The molecule has 0 aliphatic heterocycles. The number of benzene rings is 2. The second kappa shape index (κ2) is 13.3. The normalized spacial score (nSPS) is 17.6. The largest absolute Gasteiger partial charge is 0.338 e. The van der Waals surface area contributed by atoms with Gasteiger partial charge in [-0.3, -0.25) is 4.79 Å². The van der Waals surface area contributed by atoms with E-state index in [0.717, 1.165) is 6.42 Å². The maximum Gasteiger partial charge on any atom is 0.229 e. The monoisotopic (exact) mass is 440 g/mol. The number of nitrogens with two attached hydrogens (primary N) is 1. The van der Waals surface area contributed by atoms with Gasteiger partial charge in [-0.05, 0) is 43.7 Å². The first kappa shape index (κ1) is 26.0. The van der Waals surface area contributed by atoms with E-state index in [4.69, 9.17) is 5.73 Å². The molecule has 3 rings (SSSR count). The molecule has 7 heteroatoms. The molecule has 0 aromatic heterocycles. The SMILES string of the molecule is CC[C@@H](CN)N(CC)C(=O)[C@@H]1C[C@@H]1F.CS.Fc1cccc(F)c1-c1ccccc1. The van der Waals surface area contributed by atoms with Gasteiger partial charge in [0.1, 0.15) is 17.8 Å². The Morgan fingerprint density at radius 1 is 1.10 bits per heavy atom. The average Bonchev–Trinajstić information content (AvgIpc) is 3.50. The maximum atomic E-state index is 13.3. The molecule has 1 aliphatic carbocycles. The van der Waals surface area contributed by atoms with Crippen LogP contribution in [0.2, 0.25) is 0 Å². The molecule has 30 heavy (non-hydrogen) atoms. The van der Waals surface area contributed by atoms with Gasteiger partial charge in [-0.25, -0.2) is 13.2 Å². The van der Waals surface area contributed by atoms with E-state index in [0.29, 0.717) is 25.1 Å². The number of halogens is 3. The van der Waals surface area contributed by atoms with Crippen molar-refractivity contribution >= 4 is 18.5 Å². The molecule has 2 aromatic rings. The number of hydrogen-bond acceptors (Lipinski definition) is 3. The summed E-state index contributed by atoms with van der Waals surface area (Å²) < 4.78 is 39.3. The Hall–Kier alpha value is -1.99. The highest BCUT2D eigenvalue weighted by Crippen LogP contribution is 2.35. The Balaban J connectivity index is 0.000000277. The molecule has 0 bridgehead atoms. The summed E-state index contributed by atoms with van der Waals surface area (Å²) in [5.41, 5.74) is 6.16. The van der Waals surface area contributed by atoms with Crippen LogP contribution >= 0.6 is 12.6 Å². The Morgan fingerprint density at radius 3 is 2.03 bits per heavy atom. The first-order chi connectivity index (χ1) is 14.4. The third-order valence-corrected chi connectivity index (χ3v) is 4.86. The smallest absolute Gasteiger partial charge is 0.229 e. The van der Waals surface area contributed by atoms with Gasteiger partial charge < -0.3 is 10.6 Å². The van der Waals surface area contributed by atoms with E-state index < -0.39 is 17.8 Å². The lowest BCUT2D eigenvalue weighted by Crippen LogP contribution is -2.45. The molecule has 0 unspecified atom stereocenters. The summed E-state index contributed by atoms with van der Waals surface area (Å²) in [5, 5.41) is 0. The molecule has 0 saturated heterocycles. The average molecular weight is 441 g/mol. The molecule has 2 N–H and O–H groups in total. The fourth-order valence-electron chi connectivity index (χ4n) is 3.12. The second-order valence-corrected chi connectivity index (χ2v) is 6.74. The lowest BCUT2D eigenvalue weighted by atomic mass is 10.0. The van der Waals surface area contributed by atoms with E-state index in [2.05, 4.69) is 12.6 Å². The van der Waals surface area contributed by atoms with Crippen LogP contribution in [-0.2, 0) is 4.79 Å². The van der Waals surface area contributed by atoms with E-state index in [1.807, 2.05) is 19.9 Å². The number of likely N-dealkylation sites (N-methyl/N-ethyl adjacent to an activating group) is 1. The van der Waals surface area contributed by atoms with Gasteiger partial charge in [0, 0.05) is 19.1 Å². The van der Waals surface area contributed by atoms with E-state index in [1.54, 1.807) is 35.4 Å². The van der Waals surface area contributed by atoms with Crippen molar-refractivity contribution in [1.29, 1.82) is 0 Å². The highest BCUT2D eigenvalue weighted by molar-refractivity contribution is 7.79. The van der Waals surface area contributed by atoms with Crippen LogP contribution in [0.25, 0.3) is 11.1 Å². The number of amides is 1. The minimum Gasteiger partial charge on any atom is -0.338 e. The quantitative estimate of drug-likeness (QED) is 0.614. The van der Waals surface area contributed by atoms with E-state index in [9.17, 15) is 18.0 Å². The van der Waals surface area contributed by atoms with Gasteiger partial charge in [-0.15, -0.1) is 0 Å². The van der Waals surface area contributed by atoms with Crippen LogP contribution in [0.4, 0.5) is 13.2 Å². The van der Waals surface area contributed by atoms with Crippen LogP contribution in [0.15, 0.2) is 48.5 Å². The summed E-state index contributed by atoms with van der Waals surface area (Å²) in [6, 6.07) is 12.6. The van der Waals surface area contributed by atoms with Crippen molar-refractivity contribution in [2.75, 3.05) is 19.3 Å². The minimum atomic E-state index is -0.910. The van der Waals surface area contributed by atoms with Gasteiger partial charge in [0.05, 0.1) is 11.5 Å². The molecule has 3 nitrogen and oxygen atoms in total. The second-order valence-electron chi connectivity index (χ2n) is 6.74. The van der Waals surface area contributed by atoms with Crippen LogP contribution in [0.3, 0.4) is 0 Å². The van der Waals surface area contributed by atoms with Crippen molar-refractivity contribution < 1.29 is 18.0 Å². The minimum absolute atomic E-state index is 0.0353. The number of hydrogen-bond donors (Lipinski definition) is 2. The molecule has 1 saturated carbocycles. The van der Waals surface area contributed by atoms with E-state index in [-0.39, 0.29) is 23.4 Å². The molecule has 0 heterocycles. The van der Waals surface area contributed by atoms with Gasteiger partial charge in [-0.2, -0.15) is 12.6 Å². The van der Waals surface area contributed by atoms with E-state index >= 15 is 0 Å². The molecular weight excluding hydrogens is 409 g/mol. The highest BCUT2D eigenvalue weighted by Gasteiger charge is 2.46. The van der Waals surface area contributed by atoms with Crippen LogP contribution < -0.4 is 5.73 Å². The zero-order valence-corrected chi connectivity index (χ0v) is 18.6. The van der Waals surface area contributed by atoms with Crippen LogP contribution in [-0.4, -0.2) is 42.4 Å². The molecule has 1 fully saturated rings. The number of rotatable bonds is 6. The van der Waals surface area contributed by atoms with Crippen molar-refractivity contribution in [3.05, 3.63) is 60.2 Å². The summed E-state index contributed by atoms with van der Waals surface area (Å²) in [6.07, 6.45) is 2.02. The first-order valence-electron chi connectivity index (χ1n) is 10.0. The summed E-state index contributed by atoms with van der Waals surface area (Å²) in [5.74, 6) is -1.50. The van der Waals surface area contributed by atoms with Crippen LogP contribution in [0, 0.1) is 17.6 Å². The molecule has 0 spiro atoms. The van der Waals surface area contributed by atoms with Gasteiger partial charge in [0.15, 0.2) is 0 Å². The van der Waals surface area contributed by atoms with Gasteiger partial charge >= 0.3 is 0 Å². The Morgan fingerprint density at radius 2 is 1.63 bits per heavy atom. The van der Waals surface area contributed by atoms with Gasteiger partial charge in [-0.1, -0.05) is 43.3 Å². The Kier molecular flexibility index (Phi) is 11.6. The lowest BCUT2D eigenvalue weighted by Gasteiger charge is -2.29. The number of carbonyl (C=O) groups excluding carboxylic acids is 1. The Labute approximate surface area is 182 Å². The van der Waals surface area contributed by atoms with Gasteiger partial charge in [0.25, 0.3) is 0 Å². The standard InChI is InChI=1S/C12H8F2.C10H19FN2O.CH4S/c13-10-7-4-8-11(14)12(10)9-5-2-1-3-6-9;1-3-7(6-12)13(4-2)10(14)8-5-9(8)11;1-2/h1-8H;7-9H,3-6,12H2,1-2H3;2H,1H3/t;7-,8+,9-;/m.0./s1. The topological polar surface area (TPSA) is 46.3 Å². The predicted molar refractivity (Wildman–Crippen MR) is 120 cm³/mol. The first-order valence-corrected chi connectivity index (χ1v) is 10.9. The summed E-state index contributed by atoms with van der Waals surface area (Å²) in [6.45, 7) is 4.98. The predicted octanol–water partition coefficient (Wildman–Crippen LogP) is 5.11. The molecule has 1 amide bonds. The fraction of sp³-hybridized carbons (Fsp3) is 0.435. The number of alkyl halides is 1. The number of carbonyl (C=O) groups is 1. The van der Waals surface area contributed by atoms with Gasteiger partial charge in [0.2, 0.25) is 5.91 Å². The summed E-state index contributed by atoms with van der Waals surface area (Å²) >= 11 is 3.53. The number of nitrogens with zero attached hydrogens (tertiary/aromatic N) is 1. The van der Waals surface area contributed by atoms with Crippen molar-refractivity contribution in [2.24, 2.45) is 11.7 Å². The van der Waals surface area contributed by atoms with E-state index in [1.165, 1.54) is 18.2 Å². The highest BCUT2D eigenvalue weighted by atomic mass is 32.1. The molecular formula is C23H31F3N2OS. The van der Waals surface area contributed by atoms with Crippen molar-refractivity contribution in [2.45, 2.75) is 38.9 Å². The zero-order valence-electron chi connectivity index (χ0n) is 17.7. The summed E-state index contributed by atoms with van der Waals surface area (Å²) in [4.78, 5) is 13.4. The molecule has 0 radical (unpaired) electrons. The summed E-state index contributed by atoms with van der Waals surface area (Å²) in [7, 11) is 0. The van der Waals surface area contributed by atoms with Crippen molar-refractivity contribution in [1.82, 2.24) is 4.90 Å². The number of thiol groups is 1. The third kappa shape index (κ3) is 7.06. The van der Waals surface area contributed by atoms with Crippen molar-refractivity contribution in [3.63, 3.8) is 0 Å². The maximum absolute atomic E-state index is 13.3. The molecule has 2 aromatic carbocycles. The van der Waals surface area contributed by atoms with Crippen LogP contribution in [0.1, 0.15) is 26.7 Å². The lowest BCUT2D eigenvalue weighted by molar-refractivity contribution is -0.135.